The summed E-state index contributed by atoms with van der Waals surface area (Å²) < 4.78 is 51.7. The monoisotopic (exact) mass is 205 g/mol. The molecular formula is C5H9F3O3P+. The lowest BCUT2D eigenvalue weighted by Crippen LogP contribution is -2.09. The van der Waals surface area contributed by atoms with Gasteiger partial charge in [-0.2, -0.15) is 0 Å². The molecule has 0 saturated carbocycles. The molecule has 0 heterocycles. The van der Waals surface area contributed by atoms with Crippen LogP contribution in [0.1, 0.15) is 13.8 Å². The Kier molecular flexibility index (Phi) is 4.67. The molecule has 0 aromatic heterocycles. The third kappa shape index (κ3) is 7.91. The highest BCUT2D eigenvalue weighted by Crippen LogP contribution is 2.34. The first kappa shape index (κ1) is 11.8. The van der Waals surface area contributed by atoms with Gasteiger partial charge in [-0.1, -0.05) is 13.8 Å². The van der Waals surface area contributed by atoms with E-state index in [4.69, 9.17) is 0 Å². The molecule has 1 unspecified atom stereocenters. The standard InChI is InChI=1S/C5H9F3O3P/c1-4(2)3-10-12(9)11-5(6,7)8/h4H,3H2,1-2H3/q+1. The molecule has 0 rings (SSSR count). The molecule has 0 bridgehead atoms. The second-order valence-corrected chi connectivity index (χ2v) is 3.34. The molecule has 7 heteroatoms. The van der Waals surface area contributed by atoms with Crippen LogP contribution >= 0.6 is 8.25 Å². The van der Waals surface area contributed by atoms with Crippen LogP contribution in [0, 0.1) is 5.92 Å². The van der Waals surface area contributed by atoms with Gasteiger partial charge in [0.1, 0.15) is 6.61 Å². The van der Waals surface area contributed by atoms with E-state index in [0.29, 0.717) is 0 Å². The highest BCUT2D eigenvalue weighted by molar-refractivity contribution is 7.33. The van der Waals surface area contributed by atoms with Gasteiger partial charge in [-0.15, -0.1) is 17.7 Å². The Balaban J connectivity index is 3.61. The molecule has 0 aliphatic carbocycles. The number of alkyl halides is 3. The summed E-state index contributed by atoms with van der Waals surface area (Å²) in [5.41, 5.74) is 0. The van der Waals surface area contributed by atoms with Crippen molar-refractivity contribution < 1.29 is 26.8 Å². The van der Waals surface area contributed by atoms with Crippen molar-refractivity contribution in [3.05, 3.63) is 0 Å². The van der Waals surface area contributed by atoms with Gasteiger partial charge in [-0.3, -0.25) is 0 Å². The zero-order chi connectivity index (χ0) is 9.78. The van der Waals surface area contributed by atoms with Crippen molar-refractivity contribution in [1.82, 2.24) is 0 Å². The van der Waals surface area contributed by atoms with Crippen molar-refractivity contribution in [2.45, 2.75) is 20.2 Å². The minimum Gasteiger partial charge on any atom is -0.141 e. The van der Waals surface area contributed by atoms with Gasteiger partial charge in [-0.05, 0) is 10.4 Å². The van der Waals surface area contributed by atoms with Crippen molar-refractivity contribution >= 4 is 8.25 Å². The molecule has 0 amide bonds. The van der Waals surface area contributed by atoms with Gasteiger partial charge < -0.3 is 0 Å². The SMILES string of the molecule is CC(C)CO[P+](=O)OC(F)(F)F. The van der Waals surface area contributed by atoms with E-state index in [0.717, 1.165) is 0 Å². The smallest absolute Gasteiger partial charge is 0.141 e. The Labute approximate surface area is 68.8 Å². The van der Waals surface area contributed by atoms with E-state index in [1.54, 1.807) is 13.8 Å². The maximum absolute atomic E-state index is 11.3. The fourth-order valence-corrected chi connectivity index (χ4v) is 0.962. The quantitative estimate of drug-likeness (QED) is 0.662. The molecular weight excluding hydrogens is 196 g/mol. The maximum atomic E-state index is 11.3. The summed E-state index contributed by atoms with van der Waals surface area (Å²) in [7, 11) is -3.08. The lowest BCUT2D eigenvalue weighted by molar-refractivity contribution is -0.275. The highest BCUT2D eigenvalue weighted by atomic mass is 31.1. The van der Waals surface area contributed by atoms with E-state index in [-0.39, 0.29) is 12.5 Å². The average Bonchev–Trinajstić information content (AvgIpc) is 1.79. The summed E-state index contributed by atoms with van der Waals surface area (Å²) >= 11 is 0. The molecule has 0 aromatic carbocycles. The van der Waals surface area contributed by atoms with Crippen LogP contribution in [0.5, 0.6) is 0 Å². The first-order valence-corrected chi connectivity index (χ1v) is 4.27. The predicted molar refractivity (Wildman–Crippen MR) is 35.5 cm³/mol. The van der Waals surface area contributed by atoms with Crippen molar-refractivity contribution in [3.8, 4) is 0 Å². The molecule has 0 aliphatic heterocycles. The van der Waals surface area contributed by atoms with Gasteiger partial charge in [-0.25, -0.2) is 0 Å². The molecule has 0 saturated heterocycles. The van der Waals surface area contributed by atoms with Gasteiger partial charge in [0, 0.05) is 4.57 Å². The number of rotatable bonds is 4. The largest absolute Gasteiger partial charge is 0.706 e. The summed E-state index contributed by atoms with van der Waals surface area (Å²) in [6, 6.07) is 0. The molecule has 0 N–H and O–H groups in total. The maximum Gasteiger partial charge on any atom is 0.706 e. The molecule has 0 fully saturated rings. The molecule has 72 valence electrons. The first-order chi connectivity index (χ1) is 5.31. The fraction of sp³-hybridized carbons (Fsp3) is 1.00. The van der Waals surface area contributed by atoms with Crippen LogP contribution in [-0.2, 0) is 13.6 Å². The minimum absolute atomic E-state index is 0.0146. The van der Waals surface area contributed by atoms with Crippen LogP contribution in [0.25, 0.3) is 0 Å². The Morgan fingerprint density at radius 1 is 1.42 bits per heavy atom. The van der Waals surface area contributed by atoms with Crippen molar-refractivity contribution in [3.63, 3.8) is 0 Å². The highest BCUT2D eigenvalue weighted by Gasteiger charge is 2.43. The topological polar surface area (TPSA) is 35.5 Å². The lowest BCUT2D eigenvalue weighted by Gasteiger charge is -1.97. The van der Waals surface area contributed by atoms with Crippen molar-refractivity contribution in [2.75, 3.05) is 6.61 Å². The van der Waals surface area contributed by atoms with Crippen molar-refractivity contribution in [2.24, 2.45) is 5.92 Å². The molecule has 0 spiro atoms. The van der Waals surface area contributed by atoms with Gasteiger partial charge in [0.25, 0.3) is 0 Å². The van der Waals surface area contributed by atoms with Crippen LogP contribution < -0.4 is 0 Å². The second-order valence-electron chi connectivity index (χ2n) is 2.45. The number of halogens is 3. The van der Waals surface area contributed by atoms with Crippen LogP contribution in [0.4, 0.5) is 13.2 Å². The molecule has 0 aliphatic rings. The number of hydrogen-bond acceptors (Lipinski definition) is 3. The normalized spacial score (nSPS) is 13.7. The number of hydrogen-bond donors (Lipinski definition) is 0. The molecule has 3 nitrogen and oxygen atoms in total. The molecule has 12 heavy (non-hydrogen) atoms. The fourth-order valence-electron chi connectivity index (χ4n) is 0.321. The summed E-state index contributed by atoms with van der Waals surface area (Å²) in [6.07, 6.45) is -4.90. The van der Waals surface area contributed by atoms with E-state index in [2.05, 4.69) is 9.05 Å². The zero-order valence-electron chi connectivity index (χ0n) is 6.59. The second kappa shape index (κ2) is 4.74. The van der Waals surface area contributed by atoms with Gasteiger partial charge >= 0.3 is 14.6 Å². The third-order valence-corrected chi connectivity index (χ3v) is 1.41. The summed E-state index contributed by atoms with van der Waals surface area (Å²) in [5, 5.41) is 0. The third-order valence-electron chi connectivity index (χ3n) is 0.691. The van der Waals surface area contributed by atoms with Crippen LogP contribution in [0.3, 0.4) is 0 Å². The van der Waals surface area contributed by atoms with Gasteiger partial charge in [0.05, 0.1) is 0 Å². The average molecular weight is 205 g/mol. The van der Waals surface area contributed by atoms with Gasteiger partial charge in [0.2, 0.25) is 0 Å². The Hall–Kier alpha value is -0.190. The van der Waals surface area contributed by atoms with Crippen LogP contribution in [-0.4, -0.2) is 13.0 Å². The summed E-state index contributed by atoms with van der Waals surface area (Å²) in [5.74, 6) is 0.0146. The minimum atomic E-state index is -4.90. The van der Waals surface area contributed by atoms with Crippen LogP contribution in [0.2, 0.25) is 0 Å². The van der Waals surface area contributed by atoms with E-state index in [1.807, 2.05) is 0 Å². The Bertz CT molecular complexity index is 157. The van der Waals surface area contributed by atoms with Crippen LogP contribution in [0.15, 0.2) is 0 Å². The Morgan fingerprint density at radius 3 is 2.25 bits per heavy atom. The predicted octanol–water partition coefficient (Wildman–Crippen LogP) is 2.85. The van der Waals surface area contributed by atoms with Gasteiger partial charge in [0.15, 0.2) is 0 Å². The Morgan fingerprint density at radius 2 is 1.92 bits per heavy atom. The lowest BCUT2D eigenvalue weighted by atomic mass is 10.2. The van der Waals surface area contributed by atoms with E-state index in [1.165, 1.54) is 0 Å². The first-order valence-electron chi connectivity index (χ1n) is 3.17. The molecule has 0 aromatic rings. The summed E-state index contributed by atoms with van der Waals surface area (Å²) in [4.78, 5) is 0. The van der Waals surface area contributed by atoms with E-state index in [9.17, 15) is 17.7 Å². The summed E-state index contributed by atoms with van der Waals surface area (Å²) in [6.45, 7) is 3.42. The zero-order valence-corrected chi connectivity index (χ0v) is 7.48. The van der Waals surface area contributed by atoms with E-state index < -0.39 is 14.6 Å². The molecule has 0 radical (unpaired) electrons. The van der Waals surface area contributed by atoms with Crippen molar-refractivity contribution in [1.29, 1.82) is 0 Å². The molecule has 1 atom stereocenters. The van der Waals surface area contributed by atoms with E-state index >= 15 is 0 Å².